The minimum Gasteiger partial charge on any atom is -0.339 e. The van der Waals surface area contributed by atoms with E-state index in [0.717, 1.165) is 32.4 Å². The summed E-state index contributed by atoms with van der Waals surface area (Å²) in [6, 6.07) is 0.507. The van der Waals surface area contributed by atoms with Crippen molar-refractivity contribution in [2.75, 3.05) is 26.7 Å². The minimum atomic E-state index is -0.473. The van der Waals surface area contributed by atoms with Crippen LogP contribution in [-0.2, 0) is 4.79 Å². The van der Waals surface area contributed by atoms with Crippen molar-refractivity contribution in [3.8, 4) is 12.3 Å². The molecule has 0 saturated carbocycles. The van der Waals surface area contributed by atoms with Gasteiger partial charge in [0.15, 0.2) is 0 Å². The lowest BCUT2D eigenvalue weighted by atomic mass is 9.94. The Balaban J connectivity index is 2.45. The van der Waals surface area contributed by atoms with Gasteiger partial charge in [-0.3, -0.25) is 9.69 Å². The number of rotatable bonds is 6. The second kappa shape index (κ2) is 6.77. The smallest absolute Gasteiger partial charge is 0.235 e. The highest BCUT2D eigenvalue weighted by atomic mass is 16.2. The lowest BCUT2D eigenvalue weighted by Gasteiger charge is -2.28. The Labute approximate surface area is 110 Å². The lowest BCUT2D eigenvalue weighted by molar-refractivity contribution is -0.123. The summed E-state index contributed by atoms with van der Waals surface area (Å²) in [7, 11) is 1.96. The van der Waals surface area contributed by atoms with Crippen molar-refractivity contribution < 1.29 is 4.79 Å². The standard InChI is InChI=1S/C14H25N3O/c1-5-14(6-2,7-3)16-13(18)11-17-9-8-12(10-17)15-4/h1,12,15H,6-11H2,2-4H3,(H,16,18). The fourth-order valence-corrected chi connectivity index (χ4v) is 2.39. The molecule has 0 bridgehead atoms. The first kappa shape index (κ1) is 15.0. The summed E-state index contributed by atoms with van der Waals surface area (Å²) in [5.74, 6) is 2.76. The van der Waals surface area contributed by atoms with E-state index in [1.165, 1.54) is 0 Å². The van der Waals surface area contributed by atoms with E-state index in [9.17, 15) is 4.79 Å². The average molecular weight is 251 g/mol. The molecule has 0 radical (unpaired) electrons. The van der Waals surface area contributed by atoms with E-state index in [4.69, 9.17) is 6.42 Å². The van der Waals surface area contributed by atoms with Crippen molar-refractivity contribution >= 4 is 5.91 Å². The topological polar surface area (TPSA) is 44.4 Å². The van der Waals surface area contributed by atoms with Crippen LogP contribution in [0.3, 0.4) is 0 Å². The van der Waals surface area contributed by atoms with Gasteiger partial charge in [0.05, 0.1) is 6.54 Å². The number of terminal acetylenes is 1. The zero-order valence-corrected chi connectivity index (χ0v) is 11.8. The highest BCUT2D eigenvalue weighted by molar-refractivity contribution is 5.79. The van der Waals surface area contributed by atoms with Crippen LogP contribution in [0.1, 0.15) is 33.1 Å². The van der Waals surface area contributed by atoms with Gasteiger partial charge in [-0.05, 0) is 26.3 Å². The van der Waals surface area contributed by atoms with Gasteiger partial charge in [0.25, 0.3) is 0 Å². The summed E-state index contributed by atoms with van der Waals surface area (Å²) >= 11 is 0. The van der Waals surface area contributed by atoms with Crippen LogP contribution in [0.15, 0.2) is 0 Å². The summed E-state index contributed by atoms with van der Waals surface area (Å²) < 4.78 is 0. The van der Waals surface area contributed by atoms with Crippen LogP contribution in [0.5, 0.6) is 0 Å². The van der Waals surface area contributed by atoms with Gasteiger partial charge in [-0.1, -0.05) is 19.8 Å². The van der Waals surface area contributed by atoms with E-state index in [-0.39, 0.29) is 5.91 Å². The molecule has 0 aromatic rings. The SMILES string of the molecule is C#CC(CC)(CC)NC(=O)CN1CCC(NC)C1. The molecule has 1 rings (SSSR count). The average Bonchev–Trinajstić information content (AvgIpc) is 2.83. The molecule has 1 aliphatic rings. The maximum absolute atomic E-state index is 12.0. The van der Waals surface area contributed by atoms with Crippen LogP contribution in [0, 0.1) is 12.3 Å². The Hall–Kier alpha value is -1.05. The highest BCUT2D eigenvalue weighted by Gasteiger charge is 2.28. The number of carbonyl (C=O) groups excluding carboxylic acids is 1. The number of hydrogen-bond donors (Lipinski definition) is 2. The van der Waals surface area contributed by atoms with Gasteiger partial charge >= 0.3 is 0 Å². The largest absolute Gasteiger partial charge is 0.339 e. The highest BCUT2D eigenvalue weighted by Crippen LogP contribution is 2.14. The summed E-state index contributed by atoms with van der Waals surface area (Å²) in [6.07, 6.45) is 8.18. The number of carbonyl (C=O) groups is 1. The first-order chi connectivity index (χ1) is 8.59. The zero-order valence-electron chi connectivity index (χ0n) is 11.8. The quantitative estimate of drug-likeness (QED) is 0.679. The molecule has 1 saturated heterocycles. The molecule has 1 atom stereocenters. The number of hydrogen-bond acceptors (Lipinski definition) is 3. The maximum Gasteiger partial charge on any atom is 0.235 e. The van der Waals surface area contributed by atoms with Crippen molar-refractivity contribution in [3.63, 3.8) is 0 Å². The second-order valence-corrected chi connectivity index (χ2v) is 4.99. The fraction of sp³-hybridized carbons (Fsp3) is 0.786. The van der Waals surface area contributed by atoms with E-state index in [1.807, 2.05) is 20.9 Å². The molecule has 0 aromatic heterocycles. The van der Waals surface area contributed by atoms with Crippen molar-refractivity contribution in [2.24, 2.45) is 0 Å². The van der Waals surface area contributed by atoms with Gasteiger partial charge in [0.1, 0.15) is 5.54 Å². The van der Waals surface area contributed by atoms with E-state index < -0.39 is 5.54 Å². The maximum atomic E-state index is 12.0. The summed E-state index contributed by atoms with van der Waals surface area (Å²) in [5, 5.41) is 6.25. The van der Waals surface area contributed by atoms with E-state index in [2.05, 4.69) is 21.5 Å². The van der Waals surface area contributed by atoms with Crippen LogP contribution in [0.25, 0.3) is 0 Å². The van der Waals surface area contributed by atoms with Crippen molar-refractivity contribution in [1.29, 1.82) is 0 Å². The van der Waals surface area contributed by atoms with Gasteiger partial charge in [0.2, 0.25) is 5.91 Å². The number of nitrogens with zero attached hydrogens (tertiary/aromatic N) is 1. The Morgan fingerprint density at radius 1 is 1.50 bits per heavy atom. The van der Waals surface area contributed by atoms with Gasteiger partial charge in [-0.2, -0.15) is 0 Å². The Morgan fingerprint density at radius 2 is 2.17 bits per heavy atom. The third-order valence-electron chi connectivity index (χ3n) is 3.91. The molecular weight excluding hydrogens is 226 g/mol. The molecule has 1 aliphatic heterocycles. The third-order valence-corrected chi connectivity index (χ3v) is 3.91. The van der Waals surface area contributed by atoms with Gasteiger partial charge in [-0.15, -0.1) is 6.42 Å². The van der Waals surface area contributed by atoms with E-state index >= 15 is 0 Å². The number of likely N-dealkylation sites (tertiary alicyclic amines) is 1. The molecular formula is C14H25N3O. The van der Waals surface area contributed by atoms with Gasteiger partial charge in [-0.25, -0.2) is 0 Å². The van der Waals surface area contributed by atoms with Crippen molar-refractivity contribution in [1.82, 2.24) is 15.5 Å². The number of amides is 1. The molecule has 0 spiro atoms. The molecule has 1 heterocycles. The van der Waals surface area contributed by atoms with Crippen LogP contribution in [0.2, 0.25) is 0 Å². The summed E-state index contributed by atoms with van der Waals surface area (Å²) in [4.78, 5) is 14.2. The molecule has 102 valence electrons. The zero-order chi connectivity index (χ0) is 13.6. The van der Waals surface area contributed by atoms with Gasteiger partial charge in [0, 0.05) is 19.1 Å². The lowest BCUT2D eigenvalue weighted by Crippen LogP contribution is -2.50. The molecule has 0 aliphatic carbocycles. The molecule has 4 nitrogen and oxygen atoms in total. The second-order valence-electron chi connectivity index (χ2n) is 4.99. The number of nitrogens with one attached hydrogen (secondary N) is 2. The summed E-state index contributed by atoms with van der Waals surface area (Å²) in [6.45, 7) is 6.38. The Bertz CT molecular complexity index is 317. The van der Waals surface area contributed by atoms with Crippen molar-refractivity contribution in [2.45, 2.75) is 44.7 Å². The predicted octanol–water partition coefficient (Wildman–Crippen LogP) is 0.588. The third kappa shape index (κ3) is 3.72. The van der Waals surface area contributed by atoms with Crippen molar-refractivity contribution in [3.05, 3.63) is 0 Å². The molecule has 1 unspecified atom stereocenters. The normalized spacial score (nSPS) is 20.7. The molecule has 0 aromatic carbocycles. The molecule has 1 fully saturated rings. The molecule has 2 N–H and O–H groups in total. The predicted molar refractivity (Wildman–Crippen MR) is 74.2 cm³/mol. The fourth-order valence-electron chi connectivity index (χ4n) is 2.39. The first-order valence-corrected chi connectivity index (χ1v) is 6.77. The van der Waals surface area contributed by atoms with Crippen LogP contribution in [-0.4, -0.2) is 49.1 Å². The Kier molecular flexibility index (Phi) is 5.64. The van der Waals surface area contributed by atoms with Crippen LogP contribution < -0.4 is 10.6 Å². The van der Waals surface area contributed by atoms with Crippen LogP contribution >= 0.6 is 0 Å². The summed E-state index contributed by atoms with van der Waals surface area (Å²) in [5.41, 5.74) is -0.473. The number of likely N-dealkylation sites (N-methyl/N-ethyl adjacent to an activating group) is 1. The van der Waals surface area contributed by atoms with E-state index in [1.54, 1.807) is 0 Å². The van der Waals surface area contributed by atoms with E-state index in [0.29, 0.717) is 12.6 Å². The monoisotopic (exact) mass is 251 g/mol. The van der Waals surface area contributed by atoms with Gasteiger partial charge < -0.3 is 10.6 Å². The minimum absolute atomic E-state index is 0.0356. The van der Waals surface area contributed by atoms with Crippen LogP contribution in [0.4, 0.5) is 0 Å². The molecule has 1 amide bonds. The molecule has 4 heteroatoms. The Morgan fingerprint density at radius 3 is 2.61 bits per heavy atom. The first-order valence-electron chi connectivity index (χ1n) is 6.77. The molecule has 18 heavy (non-hydrogen) atoms.